The SMILES string of the molecule is COc1c(CC(NC(=O)C(N)c2ccc(OCc3ccccc3)cn2)B2OC3C[C@@H]4C[C@@H](C4(C)C)[C@]3(C)O2)cccc1C(=O)OC(C)(C)C. The number of benzene rings is 2. The number of pyridine rings is 1. The van der Waals surface area contributed by atoms with Crippen LogP contribution in [0.1, 0.15) is 87.6 Å². The molecule has 1 aliphatic heterocycles. The molecule has 0 radical (unpaired) electrons. The van der Waals surface area contributed by atoms with Crippen LogP contribution in [0.15, 0.2) is 66.9 Å². The largest absolute Gasteiger partial charge is 0.496 e. The van der Waals surface area contributed by atoms with E-state index in [2.05, 4.69) is 31.1 Å². The second-order valence-corrected chi connectivity index (χ2v) is 15.3. The molecule has 260 valence electrons. The molecule has 2 aromatic carbocycles. The van der Waals surface area contributed by atoms with Crippen molar-refractivity contribution in [3.63, 3.8) is 0 Å². The van der Waals surface area contributed by atoms with Crippen molar-refractivity contribution in [2.75, 3.05) is 7.11 Å². The van der Waals surface area contributed by atoms with Crippen molar-refractivity contribution in [3.05, 3.63) is 89.2 Å². The zero-order valence-electron chi connectivity index (χ0n) is 29.5. The lowest BCUT2D eigenvalue weighted by Gasteiger charge is -2.64. The molecule has 2 bridgehead atoms. The first-order chi connectivity index (χ1) is 23.2. The number of aromatic nitrogens is 1. The molecular formula is C38H48BN3O7. The Morgan fingerprint density at radius 2 is 1.82 bits per heavy atom. The minimum atomic E-state index is -1.06. The van der Waals surface area contributed by atoms with Gasteiger partial charge in [0.15, 0.2) is 0 Å². The summed E-state index contributed by atoms with van der Waals surface area (Å²) in [7, 11) is 0.765. The number of nitrogens with one attached hydrogen (secondary N) is 1. The third-order valence-electron chi connectivity index (χ3n) is 10.6. The summed E-state index contributed by atoms with van der Waals surface area (Å²) in [5.74, 6) is 0.259. The van der Waals surface area contributed by atoms with Gasteiger partial charge in [-0.3, -0.25) is 9.78 Å². The van der Waals surface area contributed by atoms with E-state index < -0.39 is 42.2 Å². The van der Waals surface area contributed by atoms with Gasteiger partial charge < -0.3 is 34.6 Å². The summed E-state index contributed by atoms with van der Waals surface area (Å²) in [6, 6.07) is 17.5. The van der Waals surface area contributed by atoms with Gasteiger partial charge in [-0.25, -0.2) is 4.79 Å². The number of hydrogen-bond acceptors (Lipinski definition) is 9. The minimum absolute atomic E-state index is 0.0950. The highest BCUT2D eigenvalue weighted by molar-refractivity contribution is 6.48. The van der Waals surface area contributed by atoms with Crippen LogP contribution in [0.2, 0.25) is 0 Å². The molecule has 11 heteroatoms. The number of rotatable bonds is 11. The molecule has 2 heterocycles. The van der Waals surface area contributed by atoms with Crippen molar-refractivity contribution in [2.24, 2.45) is 23.0 Å². The van der Waals surface area contributed by atoms with Crippen molar-refractivity contribution in [1.29, 1.82) is 0 Å². The summed E-state index contributed by atoms with van der Waals surface area (Å²) >= 11 is 0. The summed E-state index contributed by atoms with van der Waals surface area (Å²) in [6.45, 7) is 12.6. The number of amides is 1. The number of methoxy groups -OCH3 is 1. The van der Waals surface area contributed by atoms with Crippen LogP contribution in [0.25, 0.3) is 0 Å². The van der Waals surface area contributed by atoms with Crippen LogP contribution in [-0.4, -0.2) is 54.3 Å². The summed E-state index contributed by atoms with van der Waals surface area (Å²) in [5, 5.41) is 3.12. The Labute approximate surface area is 289 Å². The molecule has 4 aliphatic rings. The Morgan fingerprint density at radius 3 is 2.47 bits per heavy atom. The molecule has 1 aromatic heterocycles. The Morgan fingerprint density at radius 1 is 1.06 bits per heavy atom. The maximum Gasteiger partial charge on any atom is 0.482 e. The van der Waals surface area contributed by atoms with Gasteiger partial charge >= 0.3 is 13.1 Å². The van der Waals surface area contributed by atoms with Crippen LogP contribution < -0.4 is 20.5 Å². The Hall–Kier alpha value is -3.93. The van der Waals surface area contributed by atoms with E-state index >= 15 is 0 Å². The van der Waals surface area contributed by atoms with E-state index in [4.69, 9.17) is 29.3 Å². The monoisotopic (exact) mass is 669 g/mol. The lowest BCUT2D eigenvalue weighted by molar-refractivity contribution is -0.199. The standard InChI is InChI=1S/C38H48BN3O7/c1-36(2,3)47-35(44)27-15-11-14-24(33(27)45-7)18-31(39-48-30-20-25-19-29(37(25,4)5)38(30,6)49-39)42-34(43)32(40)28-17-16-26(21-41-28)46-22-23-12-9-8-10-13-23/h8-17,21,25,29-32H,18-20,22,40H2,1-7H3,(H,42,43)/t25-,29-,30?,31?,32?,38-/m0/s1. The molecule has 10 nitrogen and oxygen atoms in total. The third-order valence-corrected chi connectivity index (χ3v) is 10.6. The molecule has 1 saturated heterocycles. The molecule has 4 fully saturated rings. The number of hydrogen-bond donors (Lipinski definition) is 2. The maximum atomic E-state index is 13.8. The number of carbonyl (C=O) groups excluding carboxylic acids is 2. The third kappa shape index (κ3) is 7.07. The quantitative estimate of drug-likeness (QED) is 0.197. The Balaban J connectivity index is 1.23. The molecule has 1 amide bonds. The zero-order chi connectivity index (χ0) is 35.1. The molecule has 3 N–H and O–H groups in total. The number of carbonyl (C=O) groups is 2. The van der Waals surface area contributed by atoms with Crippen LogP contribution in [0, 0.1) is 17.3 Å². The second-order valence-electron chi connectivity index (χ2n) is 15.3. The number of nitrogens with two attached hydrogens (primary N) is 1. The smallest absolute Gasteiger partial charge is 0.482 e. The fourth-order valence-electron chi connectivity index (χ4n) is 7.81. The van der Waals surface area contributed by atoms with Crippen LogP contribution in [0.3, 0.4) is 0 Å². The van der Waals surface area contributed by atoms with E-state index in [1.54, 1.807) is 30.5 Å². The van der Waals surface area contributed by atoms with E-state index in [1.165, 1.54) is 7.11 Å². The van der Waals surface area contributed by atoms with Gasteiger partial charge in [0.2, 0.25) is 5.91 Å². The Bertz CT molecular complexity index is 1660. The minimum Gasteiger partial charge on any atom is -0.496 e. The van der Waals surface area contributed by atoms with Crippen LogP contribution in [-0.2, 0) is 31.9 Å². The lowest BCUT2D eigenvalue weighted by atomic mass is 9.43. The summed E-state index contributed by atoms with van der Waals surface area (Å²) in [5.41, 5.74) is 7.89. The molecule has 49 heavy (non-hydrogen) atoms. The molecule has 3 aromatic rings. The van der Waals surface area contributed by atoms with E-state index in [0.717, 1.165) is 18.4 Å². The lowest BCUT2D eigenvalue weighted by Crippen LogP contribution is -2.65. The van der Waals surface area contributed by atoms with Crippen LogP contribution in [0.4, 0.5) is 0 Å². The van der Waals surface area contributed by atoms with Crippen LogP contribution >= 0.6 is 0 Å². The predicted molar refractivity (Wildman–Crippen MR) is 186 cm³/mol. The first kappa shape index (κ1) is 34.9. The number of esters is 1. The van der Waals surface area contributed by atoms with E-state index in [-0.39, 0.29) is 17.9 Å². The number of ether oxygens (including phenoxy) is 3. The highest BCUT2D eigenvalue weighted by Gasteiger charge is 2.68. The van der Waals surface area contributed by atoms with E-state index in [1.807, 2.05) is 57.2 Å². The maximum absolute atomic E-state index is 13.8. The summed E-state index contributed by atoms with van der Waals surface area (Å²) in [6.07, 6.45) is 3.72. The van der Waals surface area contributed by atoms with Crippen molar-refractivity contribution in [2.45, 2.75) is 96.7 Å². The summed E-state index contributed by atoms with van der Waals surface area (Å²) in [4.78, 5) is 31.4. The van der Waals surface area contributed by atoms with Gasteiger partial charge in [0.1, 0.15) is 35.3 Å². The second kappa shape index (κ2) is 13.4. The van der Waals surface area contributed by atoms with E-state index in [9.17, 15) is 9.59 Å². The number of nitrogens with zero attached hydrogens (tertiary/aromatic N) is 1. The van der Waals surface area contributed by atoms with Gasteiger partial charge in [-0.1, -0.05) is 56.3 Å². The van der Waals surface area contributed by atoms with Crippen molar-refractivity contribution in [1.82, 2.24) is 10.3 Å². The van der Waals surface area contributed by atoms with Crippen molar-refractivity contribution in [3.8, 4) is 11.5 Å². The fourth-order valence-corrected chi connectivity index (χ4v) is 7.81. The fraction of sp³-hybridized carbons (Fsp3) is 0.500. The zero-order valence-corrected chi connectivity index (χ0v) is 29.5. The highest BCUT2D eigenvalue weighted by Crippen LogP contribution is 2.65. The molecule has 7 rings (SSSR count). The first-order valence-electron chi connectivity index (χ1n) is 17.1. The molecule has 0 spiro atoms. The first-order valence-corrected chi connectivity index (χ1v) is 17.1. The molecular weight excluding hydrogens is 621 g/mol. The average Bonchev–Trinajstić information content (AvgIpc) is 3.43. The van der Waals surface area contributed by atoms with Crippen LogP contribution in [0.5, 0.6) is 11.5 Å². The average molecular weight is 670 g/mol. The normalized spacial score (nSPS) is 25.0. The van der Waals surface area contributed by atoms with Gasteiger partial charge in [-0.05, 0) is 93.5 Å². The van der Waals surface area contributed by atoms with Gasteiger partial charge in [0.25, 0.3) is 0 Å². The van der Waals surface area contributed by atoms with Gasteiger partial charge in [-0.15, -0.1) is 0 Å². The summed E-state index contributed by atoms with van der Waals surface area (Å²) < 4.78 is 30.8. The van der Waals surface area contributed by atoms with Gasteiger partial charge in [0.05, 0.1) is 36.6 Å². The van der Waals surface area contributed by atoms with Crippen molar-refractivity contribution < 1.29 is 33.1 Å². The molecule has 3 unspecified atom stereocenters. The molecule has 3 saturated carbocycles. The Kier molecular flexibility index (Phi) is 9.56. The van der Waals surface area contributed by atoms with Crippen molar-refractivity contribution >= 4 is 19.0 Å². The van der Waals surface area contributed by atoms with Gasteiger partial charge in [0, 0.05) is 0 Å². The predicted octanol–water partition coefficient (Wildman–Crippen LogP) is 5.62. The van der Waals surface area contributed by atoms with Gasteiger partial charge in [-0.2, -0.15) is 0 Å². The number of para-hydroxylation sites is 1. The highest BCUT2D eigenvalue weighted by atomic mass is 16.7. The van der Waals surface area contributed by atoms with E-state index in [0.29, 0.717) is 46.8 Å². The molecule has 3 aliphatic carbocycles. The topological polar surface area (TPSA) is 131 Å². The molecule has 6 atom stereocenters.